The SMILES string of the molecule is Cc1ccccc1CN1CCN(CC(=O)NC[C@@H]2CCCO2)C(=O)C1=O. The summed E-state index contributed by atoms with van der Waals surface area (Å²) in [6, 6.07) is 7.80. The average Bonchev–Trinajstić information content (AvgIpc) is 3.15. The van der Waals surface area contributed by atoms with Crippen LogP contribution >= 0.6 is 0 Å². The highest BCUT2D eigenvalue weighted by molar-refractivity contribution is 6.35. The fraction of sp³-hybridized carbons (Fsp3) is 0.526. The molecule has 0 unspecified atom stereocenters. The van der Waals surface area contributed by atoms with Gasteiger partial charge in [0.2, 0.25) is 5.91 Å². The molecule has 0 saturated carbocycles. The summed E-state index contributed by atoms with van der Waals surface area (Å²) in [7, 11) is 0. The first-order valence-electron chi connectivity index (χ1n) is 9.05. The Morgan fingerprint density at radius 1 is 1.19 bits per heavy atom. The molecule has 0 radical (unpaired) electrons. The third kappa shape index (κ3) is 4.40. The van der Waals surface area contributed by atoms with Crippen LogP contribution in [0.15, 0.2) is 24.3 Å². The van der Waals surface area contributed by atoms with Crippen molar-refractivity contribution >= 4 is 17.7 Å². The van der Waals surface area contributed by atoms with E-state index in [0.29, 0.717) is 26.2 Å². The topological polar surface area (TPSA) is 79.0 Å². The van der Waals surface area contributed by atoms with E-state index in [4.69, 9.17) is 4.74 Å². The second-order valence-electron chi connectivity index (χ2n) is 6.82. The van der Waals surface area contributed by atoms with Crippen LogP contribution in [0.5, 0.6) is 0 Å². The molecule has 140 valence electrons. The maximum atomic E-state index is 12.4. The number of rotatable bonds is 6. The zero-order valence-corrected chi connectivity index (χ0v) is 15.1. The highest BCUT2D eigenvalue weighted by Crippen LogP contribution is 2.14. The van der Waals surface area contributed by atoms with Gasteiger partial charge in [-0.3, -0.25) is 14.4 Å². The van der Waals surface area contributed by atoms with Crippen LogP contribution in [0.2, 0.25) is 0 Å². The summed E-state index contributed by atoms with van der Waals surface area (Å²) in [5.74, 6) is -1.42. The Labute approximate surface area is 153 Å². The van der Waals surface area contributed by atoms with Gasteiger partial charge in [-0.2, -0.15) is 0 Å². The van der Waals surface area contributed by atoms with Crippen LogP contribution in [0.3, 0.4) is 0 Å². The molecule has 1 aromatic rings. The summed E-state index contributed by atoms with van der Waals surface area (Å²) < 4.78 is 5.46. The number of hydrogen-bond donors (Lipinski definition) is 1. The number of piperazine rings is 1. The van der Waals surface area contributed by atoms with Gasteiger partial charge in [0.25, 0.3) is 0 Å². The van der Waals surface area contributed by atoms with Crippen molar-refractivity contribution in [3.63, 3.8) is 0 Å². The summed E-state index contributed by atoms with van der Waals surface area (Å²) >= 11 is 0. The van der Waals surface area contributed by atoms with Crippen LogP contribution < -0.4 is 5.32 Å². The zero-order valence-electron chi connectivity index (χ0n) is 15.1. The third-order valence-corrected chi connectivity index (χ3v) is 4.91. The van der Waals surface area contributed by atoms with Gasteiger partial charge >= 0.3 is 11.8 Å². The number of hydrogen-bond acceptors (Lipinski definition) is 4. The van der Waals surface area contributed by atoms with Crippen LogP contribution in [0, 0.1) is 6.92 Å². The number of carbonyl (C=O) groups excluding carboxylic acids is 3. The molecule has 0 aromatic heterocycles. The highest BCUT2D eigenvalue weighted by atomic mass is 16.5. The number of aryl methyl sites for hydroxylation is 1. The fourth-order valence-electron chi connectivity index (χ4n) is 3.27. The van der Waals surface area contributed by atoms with E-state index in [0.717, 1.165) is 30.6 Å². The first-order valence-corrected chi connectivity index (χ1v) is 9.05. The molecular formula is C19H25N3O4. The molecule has 3 amide bonds. The van der Waals surface area contributed by atoms with Crippen molar-refractivity contribution in [3.05, 3.63) is 35.4 Å². The first-order chi connectivity index (χ1) is 12.5. The predicted octanol–water partition coefficient (Wildman–Crippen LogP) is 0.461. The molecule has 2 saturated heterocycles. The summed E-state index contributed by atoms with van der Waals surface area (Å²) in [6.45, 7) is 4.29. The molecule has 2 heterocycles. The van der Waals surface area contributed by atoms with Gasteiger partial charge in [0.15, 0.2) is 0 Å². The van der Waals surface area contributed by atoms with Crippen molar-refractivity contribution in [1.29, 1.82) is 0 Å². The molecule has 2 aliphatic rings. The van der Waals surface area contributed by atoms with Crippen molar-refractivity contribution < 1.29 is 19.1 Å². The summed E-state index contributed by atoms with van der Waals surface area (Å²) in [4.78, 5) is 39.6. The van der Waals surface area contributed by atoms with Crippen LogP contribution in [0.4, 0.5) is 0 Å². The Morgan fingerprint density at radius 3 is 2.65 bits per heavy atom. The van der Waals surface area contributed by atoms with E-state index in [9.17, 15) is 14.4 Å². The lowest BCUT2D eigenvalue weighted by atomic mass is 10.1. The molecule has 0 bridgehead atoms. The number of amides is 3. The quantitative estimate of drug-likeness (QED) is 0.749. The van der Waals surface area contributed by atoms with Gasteiger partial charge in [-0.1, -0.05) is 24.3 Å². The molecular weight excluding hydrogens is 334 g/mol. The van der Waals surface area contributed by atoms with Crippen molar-refractivity contribution in [2.24, 2.45) is 0 Å². The largest absolute Gasteiger partial charge is 0.376 e. The Balaban J connectivity index is 1.50. The lowest BCUT2D eigenvalue weighted by Crippen LogP contribution is -2.56. The van der Waals surface area contributed by atoms with Gasteiger partial charge in [-0.15, -0.1) is 0 Å². The first kappa shape index (κ1) is 18.4. The van der Waals surface area contributed by atoms with Gasteiger partial charge in [-0.25, -0.2) is 0 Å². The van der Waals surface area contributed by atoms with Crippen molar-refractivity contribution in [2.45, 2.75) is 32.4 Å². The summed E-state index contributed by atoms with van der Waals surface area (Å²) in [5.41, 5.74) is 2.11. The molecule has 26 heavy (non-hydrogen) atoms. The normalized spacial score (nSPS) is 20.6. The Morgan fingerprint density at radius 2 is 1.92 bits per heavy atom. The molecule has 2 fully saturated rings. The van der Waals surface area contributed by atoms with Gasteiger partial charge in [0.05, 0.1) is 6.10 Å². The van der Waals surface area contributed by atoms with Crippen LogP contribution in [0.1, 0.15) is 24.0 Å². The molecule has 1 aromatic carbocycles. The number of carbonyl (C=O) groups is 3. The zero-order chi connectivity index (χ0) is 18.5. The monoisotopic (exact) mass is 359 g/mol. The average molecular weight is 359 g/mol. The third-order valence-electron chi connectivity index (χ3n) is 4.91. The van der Waals surface area contributed by atoms with E-state index < -0.39 is 11.8 Å². The van der Waals surface area contributed by atoms with Gasteiger partial charge in [0, 0.05) is 32.8 Å². The molecule has 0 spiro atoms. The molecule has 0 aliphatic carbocycles. The van der Waals surface area contributed by atoms with Crippen LogP contribution in [-0.2, 0) is 25.7 Å². The lowest BCUT2D eigenvalue weighted by molar-refractivity contribution is -0.157. The maximum Gasteiger partial charge on any atom is 0.312 e. The lowest BCUT2D eigenvalue weighted by Gasteiger charge is -2.33. The number of ether oxygens (including phenoxy) is 1. The summed E-state index contributed by atoms with van der Waals surface area (Å²) in [6.07, 6.45) is 2.01. The van der Waals surface area contributed by atoms with E-state index in [1.165, 1.54) is 4.90 Å². The van der Waals surface area contributed by atoms with Gasteiger partial charge < -0.3 is 19.9 Å². The summed E-state index contributed by atoms with van der Waals surface area (Å²) in [5, 5.41) is 2.78. The van der Waals surface area contributed by atoms with Gasteiger partial charge in [-0.05, 0) is 30.9 Å². The minimum absolute atomic E-state index is 0.0576. The number of nitrogens with one attached hydrogen (secondary N) is 1. The highest BCUT2D eigenvalue weighted by Gasteiger charge is 2.33. The van der Waals surface area contributed by atoms with E-state index >= 15 is 0 Å². The second-order valence-corrected chi connectivity index (χ2v) is 6.82. The van der Waals surface area contributed by atoms with Crippen molar-refractivity contribution in [1.82, 2.24) is 15.1 Å². The van der Waals surface area contributed by atoms with E-state index in [2.05, 4.69) is 5.32 Å². The smallest absolute Gasteiger partial charge is 0.312 e. The molecule has 7 heteroatoms. The van der Waals surface area contributed by atoms with E-state index in [1.54, 1.807) is 4.90 Å². The number of nitrogens with zero attached hydrogens (tertiary/aromatic N) is 2. The van der Waals surface area contributed by atoms with E-state index in [-0.39, 0.29) is 18.6 Å². The predicted molar refractivity (Wildman–Crippen MR) is 95.2 cm³/mol. The fourth-order valence-corrected chi connectivity index (χ4v) is 3.27. The molecule has 3 rings (SSSR count). The maximum absolute atomic E-state index is 12.4. The molecule has 1 atom stereocenters. The van der Waals surface area contributed by atoms with E-state index in [1.807, 2.05) is 31.2 Å². The Hall–Kier alpha value is -2.41. The molecule has 1 N–H and O–H groups in total. The minimum atomic E-state index is -0.614. The standard InChI is InChI=1S/C19H25N3O4/c1-14-5-2-3-6-15(14)12-21-8-9-22(19(25)18(21)24)13-17(23)20-11-16-7-4-10-26-16/h2-3,5-6,16H,4,7-13H2,1H3,(H,20,23)/t16-/m0/s1. The minimum Gasteiger partial charge on any atom is -0.376 e. The number of benzene rings is 1. The molecule has 2 aliphatic heterocycles. The van der Waals surface area contributed by atoms with Crippen molar-refractivity contribution in [3.8, 4) is 0 Å². The van der Waals surface area contributed by atoms with Crippen LogP contribution in [0.25, 0.3) is 0 Å². The Bertz CT molecular complexity index is 685. The Kier molecular flexibility index (Phi) is 5.88. The second kappa shape index (κ2) is 8.31. The molecule has 7 nitrogen and oxygen atoms in total. The van der Waals surface area contributed by atoms with Crippen LogP contribution in [-0.4, -0.2) is 66.4 Å². The van der Waals surface area contributed by atoms with Crippen molar-refractivity contribution in [2.75, 3.05) is 32.8 Å². The van der Waals surface area contributed by atoms with Gasteiger partial charge in [0.1, 0.15) is 6.54 Å².